The monoisotopic (exact) mass is 482 g/mol. The molecule has 1 aromatic carbocycles. The van der Waals surface area contributed by atoms with E-state index in [4.69, 9.17) is 0 Å². The fourth-order valence-corrected chi connectivity index (χ4v) is 5.06. The van der Waals surface area contributed by atoms with Crippen LogP contribution < -0.4 is 16.0 Å². The fraction of sp³-hybridized carbons (Fsp3) is 0.607. The topological polar surface area (TPSA) is 90.5 Å². The summed E-state index contributed by atoms with van der Waals surface area (Å²) in [6.07, 6.45) is 6.69. The van der Waals surface area contributed by atoms with Gasteiger partial charge in [-0.3, -0.25) is 14.4 Å². The number of hydrogen-bond donors (Lipinski definition) is 3. The first-order valence-electron chi connectivity index (χ1n) is 13.1. The van der Waals surface area contributed by atoms with Crippen LogP contribution in [0.15, 0.2) is 36.4 Å². The van der Waals surface area contributed by atoms with Crippen molar-refractivity contribution in [1.82, 2.24) is 15.5 Å². The maximum Gasteiger partial charge on any atom is 0.245 e. The van der Waals surface area contributed by atoms with Crippen molar-refractivity contribution in [2.75, 3.05) is 25.0 Å². The van der Waals surface area contributed by atoms with E-state index in [1.54, 1.807) is 6.92 Å². The molecule has 1 unspecified atom stereocenters. The van der Waals surface area contributed by atoms with Crippen molar-refractivity contribution < 1.29 is 14.4 Å². The molecule has 2 aliphatic rings. The van der Waals surface area contributed by atoms with Crippen LogP contribution in [0.5, 0.6) is 0 Å². The van der Waals surface area contributed by atoms with Gasteiger partial charge in [0.1, 0.15) is 6.04 Å². The molecule has 1 aromatic rings. The van der Waals surface area contributed by atoms with Crippen LogP contribution in [-0.2, 0) is 20.8 Å². The second-order valence-electron chi connectivity index (χ2n) is 10.2. The van der Waals surface area contributed by atoms with Crippen molar-refractivity contribution >= 4 is 23.4 Å². The van der Waals surface area contributed by atoms with Crippen molar-refractivity contribution in [3.63, 3.8) is 0 Å². The van der Waals surface area contributed by atoms with Crippen LogP contribution in [0.25, 0.3) is 0 Å². The molecule has 3 rings (SSSR count). The van der Waals surface area contributed by atoms with Gasteiger partial charge in [-0.15, -0.1) is 0 Å². The number of hydrogen-bond acceptors (Lipinski definition) is 4. The molecule has 1 aliphatic carbocycles. The third kappa shape index (κ3) is 7.66. The molecule has 7 heteroatoms. The van der Waals surface area contributed by atoms with Crippen LogP contribution in [0, 0.1) is 11.8 Å². The Kier molecular flexibility index (Phi) is 9.90. The Bertz CT molecular complexity index is 892. The summed E-state index contributed by atoms with van der Waals surface area (Å²) in [5.74, 6) is 0.321. The molecule has 3 amide bonds. The van der Waals surface area contributed by atoms with Crippen LogP contribution >= 0.6 is 0 Å². The summed E-state index contributed by atoms with van der Waals surface area (Å²) in [5.41, 5.74) is 2.69. The van der Waals surface area contributed by atoms with Gasteiger partial charge in [0.15, 0.2) is 0 Å². The summed E-state index contributed by atoms with van der Waals surface area (Å²) in [6.45, 7) is 11.6. The zero-order chi connectivity index (χ0) is 25.4. The molecule has 2 fully saturated rings. The third-order valence-electron chi connectivity index (χ3n) is 7.47. The van der Waals surface area contributed by atoms with E-state index in [1.807, 2.05) is 43.0 Å². The second kappa shape index (κ2) is 12.9. The van der Waals surface area contributed by atoms with Gasteiger partial charge in [0, 0.05) is 50.1 Å². The number of carbonyl (C=O) groups excluding carboxylic acids is 3. The highest BCUT2D eigenvalue weighted by Gasteiger charge is 2.30. The fourth-order valence-electron chi connectivity index (χ4n) is 5.06. The number of benzene rings is 1. The predicted octanol–water partition coefficient (Wildman–Crippen LogP) is 3.66. The van der Waals surface area contributed by atoms with Crippen LogP contribution in [-0.4, -0.2) is 54.3 Å². The Balaban J connectivity index is 1.63. The maximum atomic E-state index is 13.4. The van der Waals surface area contributed by atoms with Crippen LogP contribution in [0.1, 0.15) is 64.9 Å². The highest BCUT2D eigenvalue weighted by molar-refractivity contribution is 5.92. The lowest BCUT2D eigenvalue weighted by Gasteiger charge is -2.36. The molecule has 0 bridgehead atoms. The summed E-state index contributed by atoms with van der Waals surface area (Å²) in [4.78, 5) is 40.1. The number of nitrogens with one attached hydrogen (secondary N) is 3. The average Bonchev–Trinajstić information content (AvgIpc) is 2.88. The summed E-state index contributed by atoms with van der Waals surface area (Å²) < 4.78 is 0. The van der Waals surface area contributed by atoms with Gasteiger partial charge in [-0.05, 0) is 43.4 Å². The molecular formula is C28H42N4O3. The van der Waals surface area contributed by atoms with E-state index in [-0.39, 0.29) is 29.7 Å². The van der Waals surface area contributed by atoms with Gasteiger partial charge in [0.25, 0.3) is 0 Å². The molecule has 1 saturated carbocycles. The Hall–Kier alpha value is -2.67. The summed E-state index contributed by atoms with van der Waals surface area (Å²) in [6, 6.07) is 7.05. The maximum absolute atomic E-state index is 13.4. The SMILES string of the molecule is C=C(C)[C@H]1CN(C(=O)C(Cc2ccc(NC(=O)[C@@H](C)C3CCCCC3)cc2)NC(=O)CC)CCN1. The van der Waals surface area contributed by atoms with Gasteiger partial charge in [0.05, 0.1) is 0 Å². The van der Waals surface area contributed by atoms with E-state index in [0.717, 1.165) is 29.7 Å². The molecule has 1 aliphatic heterocycles. The highest BCUT2D eigenvalue weighted by Crippen LogP contribution is 2.30. The van der Waals surface area contributed by atoms with Crippen LogP contribution in [0.4, 0.5) is 5.69 Å². The molecule has 192 valence electrons. The van der Waals surface area contributed by atoms with Crippen molar-refractivity contribution in [1.29, 1.82) is 0 Å². The van der Waals surface area contributed by atoms with Gasteiger partial charge in [0.2, 0.25) is 17.7 Å². The van der Waals surface area contributed by atoms with E-state index in [2.05, 4.69) is 22.5 Å². The normalized spacial score (nSPS) is 20.5. The van der Waals surface area contributed by atoms with Crippen molar-refractivity contribution in [2.24, 2.45) is 11.8 Å². The molecule has 1 heterocycles. The van der Waals surface area contributed by atoms with E-state index in [0.29, 0.717) is 38.4 Å². The average molecular weight is 483 g/mol. The third-order valence-corrected chi connectivity index (χ3v) is 7.47. The summed E-state index contributed by atoms with van der Waals surface area (Å²) in [5, 5.41) is 9.34. The zero-order valence-corrected chi connectivity index (χ0v) is 21.6. The number of nitrogens with zero attached hydrogens (tertiary/aromatic N) is 1. The highest BCUT2D eigenvalue weighted by atomic mass is 16.2. The molecule has 0 aromatic heterocycles. The molecule has 35 heavy (non-hydrogen) atoms. The Morgan fingerprint density at radius 2 is 1.83 bits per heavy atom. The minimum Gasteiger partial charge on any atom is -0.344 e. The number of rotatable bonds is 9. The van der Waals surface area contributed by atoms with Crippen LogP contribution in [0.3, 0.4) is 0 Å². The molecule has 1 saturated heterocycles. The molecule has 0 spiro atoms. The van der Waals surface area contributed by atoms with Gasteiger partial charge in [-0.1, -0.05) is 57.4 Å². The lowest BCUT2D eigenvalue weighted by molar-refractivity contribution is -0.137. The smallest absolute Gasteiger partial charge is 0.245 e. The zero-order valence-electron chi connectivity index (χ0n) is 21.6. The Morgan fingerprint density at radius 1 is 1.14 bits per heavy atom. The first kappa shape index (κ1) is 26.9. The van der Waals surface area contributed by atoms with Gasteiger partial charge in [-0.25, -0.2) is 0 Å². The van der Waals surface area contributed by atoms with Gasteiger partial charge >= 0.3 is 0 Å². The van der Waals surface area contributed by atoms with E-state index >= 15 is 0 Å². The lowest BCUT2D eigenvalue weighted by atomic mass is 9.80. The number of piperazine rings is 1. The number of anilines is 1. The Labute approximate surface area is 210 Å². The minimum atomic E-state index is -0.627. The van der Waals surface area contributed by atoms with Crippen molar-refractivity contribution in [3.8, 4) is 0 Å². The van der Waals surface area contributed by atoms with E-state index in [9.17, 15) is 14.4 Å². The van der Waals surface area contributed by atoms with E-state index < -0.39 is 6.04 Å². The van der Waals surface area contributed by atoms with E-state index in [1.165, 1.54) is 19.3 Å². The standard InChI is InChI=1S/C28H42N4O3/c1-5-26(33)31-24(28(35)32-16-15-29-25(18-32)19(2)3)17-21-11-13-23(14-12-21)30-27(34)20(4)22-9-7-6-8-10-22/h11-14,20,22,24-25,29H,2,5-10,15-18H2,1,3-4H3,(H,30,34)(H,31,33)/t20-,24?,25+/m0/s1. The van der Waals surface area contributed by atoms with Crippen molar-refractivity contribution in [2.45, 2.75) is 77.8 Å². The second-order valence-corrected chi connectivity index (χ2v) is 10.2. The lowest BCUT2D eigenvalue weighted by Crippen LogP contribution is -2.58. The molecule has 7 nitrogen and oxygen atoms in total. The minimum absolute atomic E-state index is 0.00305. The van der Waals surface area contributed by atoms with Gasteiger partial charge in [-0.2, -0.15) is 0 Å². The number of amides is 3. The first-order chi connectivity index (χ1) is 16.8. The molecule has 3 N–H and O–H groups in total. The molecular weight excluding hydrogens is 440 g/mol. The molecule has 0 radical (unpaired) electrons. The van der Waals surface area contributed by atoms with Crippen LogP contribution in [0.2, 0.25) is 0 Å². The largest absolute Gasteiger partial charge is 0.344 e. The summed E-state index contributed by atoms with van der Waals surface area (Å²) in [7, 11) is 0. The first-order valence-corrected chi connectivity index (χ1v) is 13.1. The Morgan fingerprint density at radius 3 is 2.46 bits per heavy atom. The summed E-state index contributed by atoms with van der Waals surface area (Å²) >= 11 is 0. The number of carbonyl (C=O) groups is 3. The van der Waals surface area contributed by atoms with Gasteiger partial charge < -0.3 is 20.9 Å². The molecule has 3 atom stereocenters. The quantitative estimate of drug-likeness (QED) is 0.469. The predicted molar refractivity (Wildman–Crippen MR) is 140 cm³/mol. The van der Waals surface area contributed by atoms with Crippen molar-refractivity contribution in [3.05, 3.63) is 42.0 Å².